The Morgan fingerprint density at radius 2 is 1.64 bits per heavy atom. The molecule has 2 aliphatic rings. The fourth-order valence-corrected chi connectivity index (χ4v) is 2.46. The van der Waals surface area contributed by atoms with Gasteiger partial charge in [-0.3, -0.25) is 4.90 Å². The first kappa shape index (κ1) is 10.3. The summed E-state index contributed by atoms with van der Waals surface area (Å²) in [5.74, 6) is 0. The monoisotopic (exact) mass is 205 g/mol. The van der Waals surface area contributed by atoms with Crippen LogP contribution in [-0.2, 0) is 0 Å². The van der Waals surface area contributed by atoms with Crippen molar-refractivity contribution in [3.05, 3.63) is 0 Å². The van der Waals surface area contributed by atoms with E-state index in [0.717, 1.165) is 0 Å². The Morgan fingerprint density at radius 3 is 2.21 bits per heavy atom. The number of nitrogens with zero attached hydrogens (tertiary/aromatic N) is 1. The molecule has 6 nitrogen and oxygen atoms in total. The summed E-state index contributed by atoms with van der Waals surface area (Å²) in [6, 6.07) is -1.26. The Kier molecular flexibility index (Phi) is 2.50. The topological polar surface area (TPSA) is 104 Å². The van der Waals surface area contributed by atoms with E-state index >= 15 is 0 Å². The highest BCUT2D eigenvalue weighted by Gasteiger charge is 2.56. The van der Waals surface area contributed by atoms with Gasteiger partial charge in [0.2, 0.25) is 0 Å². The fourth-order valence-electron chi connectivity index (χ4n) is 2.46. The lowest BCUT2D eigenvalue weighted by atomic mass is 10.0. The molecule has 0 unspecified atom stereocenters. The van der Waals surface area contributed by atoms with Crippen LogP contribution in [0.2, 0.25) is 0 Å². The molecular formula is C8H15NO5. The average molecular weight is 205 g/mol. The van der Waals surface area contributed by atoms with E-state index in [1.807, 2.05) is 0 Å². The maximum absolute atomic E-state index is 9.58. The summed E-state index contributed by atoms with van der Waals surface area (Å²) < 4.78 is 0. The Labute approximate surface area is 81.0 Å². The number of hydrogen-bond donors (Lipinski definition) is 5. The molecule has 5 N–H and O–H groups in total. The van der Waals surface area contributed by atoms with Gasteiger partial charge in [0, 0.05) is 6.54 Å². The van der Waals surface area contributed by atoms with Crippen LogP contribution < -0.4 is 0 Å². The van der Waals surface area contributed by atoms with Gasteiger partial charge >= 0.3 is 0 Å². The van der Waals surface area contributed by atoms with Gasteiger partial charge in [0.25, 0.3) is 0 Å². The van der Waals surface area contributed by atoms with Crippen LogP contribution in [0, 0.1) is 0 Å². The maximum Gasteiger partial charge on any atom is 0.0996 e. The van der Waals surface area contributed by atoms with Crippen LogP contribution in [0.1, 0.15) is 0 Å². The standard InChI is InChI=1S/C8H15NO5/c10-2-3-6(12)8(14)5-7(13)4(11)1-9(3)5/h3-8,10-14H,1-2H2/t3-,4-,5-,6-,7+,8+/m0/s1. The SMILES string of the molecule is OC[C@H]1[C@H](O)[C@H](O)[C@@H]2[C@H](O)[C@@H](O)CN21. The molecule has 14 heavy (non-hydrogen) atoms. The minimum Gasteiger partial charge on any atom is -0.395 e. The maximum atomic E-state index is 9.58. The number of hydrogen-bond acceptors (Lipinski definition) is 6. The summed E-state index contributed by atoms with van der Waals surface area (Å²) in [5, 5.41) is 47.0. The van der Waals surface area contributed by atoms with Gasteiger partial charge in [-0.05, 0) is 0 Å². The number of aliphatic hydroxyl groups is 5. The van der Waals surface area contributed by atoms with Crippen LogP contribution in [-0.4, -0.2) is 80.1 Å². The quantitative estimate of drug-likeness (QED) is 0.304. The van der Waals surface area contributed by atoms with Crippen molar-refractivity contribution >= 4 is 0 Å². The van der Waals surface area contributed by atoms with Gasteiger partial charge in [-0.1, -0.05) is 0 Å². The largest absolute Gasteiger partial charge is 0.395 e. The third kappa shape index (κ3) is 1.19. The van der Waals surface area contributed by atoms with Crippen LogP contribution in [0.3, 0.4) is 0 Å². The van der Waals surface area contributed by atoms with Crippen LogP contribution in [0.5, 0.6) is 0 Å². The van der Waals surface area contributed by atoms with E-state index in [1.165, 1.54) is 0 Å². The van der Waals surface area contributed by atoms with E-state index in [9.17, 15) is 20.4 Å². The summed E-state index contributed by atoms with van der Waals surface area (Å²) in [5.41, 5.74) is 0. The van der Waals surface area contributed by atoms with Gasteiger partial charge in [0.05, 0.1) is 43.1 Å². The third-order valence-electron chi connectivity index (χ3n) is 3.23. The predicted octanol–water partition coefficient (Wildman–Crippen LogP) is -3.51. The van der Waals surface area contributed by atoms with Crippen LogP contribution in [0.4, 0.5) is 0 Å². The van der Waals surface area contributed by atoms with Crippen molar-refractivity contribution in [3.63, 3.8) is 0 Å². The highest BCUT2D eigenvalue weighted by atomic mass is 16.4. The Hall–Kier alpha value is -0.240. The Morgan fingerprint density at radius 1 is 1.00 bits per heavy atom. The number of fused-ring (bicyclic) bond motifs is 1. The van der Waals surface area contributed by atoms with E-state index < -0.39 is 36.5 Å². The molecule has 82 valence electrons. The molecule has 0 spiro atoms. The van der Waals surface area contributed by atoms with Gasteiger partial charge in [0.15, 0.2) is 0 Å². The third-order valence-corrected chi connectivity index (χ3v) is 3.23. The highest BCUT2D eigenvalue weighted by molar-refractivity contribution is 5.09. The molecule has 6 heteroatoms. The van der Waals surface area contributed by atoms with E-state index in [0.29, 0.717) is 0 Å². The Bertz CT molecular complexity index is 226. The average Bonchev–Trinajstić information content (AvgIpc) is 2.54. The minimum absolute atomic E-state index is 0.172. The molecule has 6 atom stereocenters. The van der Waals surface area contributed by atoms with Gasteiger partial charge in [-0.2, -0.15) is 0 Å². The minimum atomic E-state index is -1.11. The summed E-state index contributed by atoms with van der Waals surface area (Å²) >= 11 is 0. The van der Waals surface area contributed by atoms with Crippen molar-refractivity contribution in [2.24, 2.45) is 0 Å². The molecule has 0 saturated carbocycles. The zero-order chi connectivity index (χ0) is 10.5. The number of rotatable bonds is 1. The van der Waals surface area contributed by atoms with E-state index in [4.69, 9.17) is 5.11 Å². The van der Waals surface area contributed by atoms with E-state index in [1.54, 1.807) is 4.90 Å². The van der Waals surface area contributed by atoms with Gasteiger partial charge < -0.3 is 25.5 Å². The van der Waals surface area contributed by atoms with Crippen molar-refractivity contribution in [2.45, 2.75) is 36.5 Å². The molecule has 0 bridgehead atoms. The summed E-state index contributed by atoms with van der Waals surface area (Å²) in [6.07, 6.45) is -4.15. The van der Waals surface area contributed by atoms with Crippen LogP contribution in [0.25, 0.3) is 0 Å². The molecule has 0 aromatic rings. The van der Waals surface area contributed by atoms with Gasteiger partial charge in [0.1, 0.15) is 0 Å². The molecule has 2 fully saturated rings. The smallest absolute Gasteiger partial charge is 0.0996 e. The lowest BCUT2D eigenvalue weighted by Crippen LogP contribution is -2.41. The summed E-state index contributed by atoms with van der Waals surface area (Å²) in [4.78, 5) is 1.56. The van der Waals surface area contributed by atoms with E-state index in [-0.39, 0.29) is 13.2 Å². The summed E-state index contributed by atoms with van der Waals surface area (Å²) in [7, 11) is 0. The first-order valence-corrected chi connectivity index (χ1v) is 4.66. The second kappa shape index (κ2) is 3.41. The molecule has 2 aliphatic heterocycles. The Balaban J connectivity index is 2.21. The zero-order valence-electron chi connectivity index (χ0n) is 7.56. The first-order chi connectivity index (χ1) is 6.57. The van der Waals surface area contributed by atoms with Gasteiger partial charge in [-0.25, -0.2) is 0 Å². The second-order valence-corrected chi connectivity index (χ2v) is 3.98. The van der Waals surface area contributed by atoms with Crippen LogP contribution in [0.15, 0.2) is 0 Å². The van der Waals surface area contributed by atoms with Crippen molar-refractivity contribution < 1.29 is 25.5 Å². The lowest BCUT2D eigenvalue weighted by Gasteiger charge is -2.22. The van der Waals surface area contributed by atoms with Crippen molar-refractivity contribution in [1.82, 2.24) is 4.90 Å². The molecule has 0 aromatic heterocycles. The van der Waals surface area contributed by atoms with Crippen molar-refractivity contribution in [3.8, 4) is 0 Å². The highest BCUT2D eigenvalue weighted by Crippen LogP contribution is 2.33. The molecule has 2 rings (SSSR count). The molecule has 2 saturated heterocycles. The first-order valence-electron chi connectivity index (χ1n) is 4.66. The van der Waals surface area contributed by atoms with Crippen molar-refractivity contribution in [1.29, 1.82) is 0 Å². The molecule has 2 heterocycles. The normalized spacial score (nSPS) is 53.8. The number of aliphatic hydroxyl groups excluding tert-OH is 5. The zero-order valence-corrected chi connectivity index (χ0v) is 7.56. The van der Waals surface area contributed by atoms with Crippen molar-refractivity contribution in [2.75, 3.05) is 13.2 Å². The van der Waals surface area contributed by atoms with Crippen LogP contribution >= 0.6 is 0 Å². The molecule has 0 amide bonds. The second-order valence-electron chi connectivity index (χ2n) is 3.98. The molecular weight excluding hydrogens is 190 g/mol. The summed E-state index contributed by atoms with van der Waals surface area (Å²) in [6.45, 7) is -0.126. The lowest BCUT2D eigenvalue weighted by molar-refractivity contribution is -0.0268. The molecule has 0 aromatic carbocycles. The fraction of sp³-hybridized carbons (Fsp3) is 1.00. The van der Waals surface area contributed by atoms with E-state index in [2.05, 4.69) is 0 Å². The predicted molar refractivity (Wildman–Crippen MR) is 45.4 cm³/mol. The molecule has 0 radical (unpaired) electrons. The molecule has 0 aliphatic carbocycles. The van der Waals surface area contributed by atoms with Gasteiger partial charge in [-0.15, -0.1) is 0 Å².